The number of Topliss-reactive ketones (excluding diaryl/α,β-unsaturated/α-hetero) is 1. The van der Waals surface area contributed by atoms with Gasteiger partial charge in [0.05, 0.1) is 5.56 Å². The van der Waals surface area contributed by atoms with Crippen LogP contribution in [0.3, 0.4) is 0 Å². The van der Waals surface area contributed by atoms with Gasteiger partial charge < -0.3 is 5.32 Å². The van der Waals surface area contributed by atoms with Crippen molar-refractivity contribution in [2.75, 3.05) is 0 Å². The number of benzene rings is 1. The second kappa shape index (κ2) is 5.00. The molecule has 0 aromatic heterocycles. The molecule has 1 N–H and O–H groups in total. The molecule has 1 aromatic carbocycles. The third-order valence-electron chi connectivity index (χ3n) is 4.28. The van der Waals surface area contributed by atoms with Crippen LogP contribution in [0, 0.1) is 17.6 Å². The monoisotopic (exact) mass is 265 g/mol. The number of nitrogens with one attached hydrogen (secondary N) is 1. The van der Waals surface area contributed by atoms with Crippen molar-refractivity contribution < 1.29 is 13.6 Å². The fraction of sp³-hybridized carbons (Fsp3) is 0.533. The molecule has 3 rings (SSSR count). The smallest absolute Gasteiger partial charge is 0.169 e. The van der Waals surface area contributed by atoms with Gasteiger partial charge in [-0.25, -0.2) is 8.78 Å². The Bertz CT molecular complexity index is 491. The number of halogens is 2. The van der Waals surface area contributed by atoms with Gasteiger partial charge in [-0.05, 0) is 37.8 Å². The van der Waals surface area contributed by atoms with Crippen LogP contribution in [0.25, 0.3) is 0 Å². The van der Waals surface area contributed by atoms with Crippen molar-refractivity contribution in [1.29, 1.82) is 0 Å². The van der Waals surface area contributed by atoms with Crippen LogP contribution in [0.4, 0.5) is 8.78 Å². The van der Waals surface area contributed by atoms with E-state index in [0.29, 0.717) is 12.1 Å². The molecular formula is C15H17F2NO. The van der Waals surface area contributed by atoms with E-state index >= 15 is 0 Å². The standard InChI is InChI=1S/C15H17F2NO/c16-10-4-5-13(14(17)8-10)15(19)9-6-11-2-1-3-12(7-9)18-11/h4-5,8-9,11-12,18H,1-3,6-7H2. The van der Waals surface area contributed by atoms with E-state index < -0.39 is 11.6 Å². The minimum absolute atomic E-state index is 0.0337. The maximum absolute atomic E-state index is 13.7. The Balaban J connectivity index is 1.80. The molecule has 0 spiro atoms. The Morgan fingerprint density at radius 3 is 2.47 bits per heavy atom. The van der Waals surface area contributed by atoms with Gasteiger partial charge in [0, 0.05) is 24.1 Å². The molecule has 1 aromatic rings. The Morgan fingerprint density at radius 1 is 1.16 bits per heavy atom. The van der Waals surface area contributed by atoms with Crippen molar-refractivity contribution in [2.24, 2.45) is 5.92 Å². The average molecular weight is 265 g/mol. The van der Waals surface area contributed by atoms with Gasteiger partial charge in [0.2, 0.25) is 0 Å². The number of ketones is 1. The van der Waals surface area contributed by atoms with Gasteiger partial charge in [0.1, 0.15) is 11.6 Å². The van der Waals surface area contributed by atoms with E-state index in [4.69, 9.17) is 0 Å². The topological polar surface area (TPSA) is 29.1 Å². The van der Waals surface area contributed by atoms with Crippen LogP contribution in [0.5, 0.6) is 0 Å². The molecular weight excluding hydrogens is 248 g/mol. The lowest BCUT2D eigenvalue weighted by Crippen LogP contribution is -2.50. The molecule has 2 fully saturated rings. The van der Waals surface area contributed by atoms with Crippen LogP contribution in [0.2, 0.25) is 0 Å². The number of hydrogen-bond donors (Lipinski definition) is 1. The lowest BCUT2D eigenvalue weighted by atomic mass is 9.77. The summed E-state index contributed by atoms with van der Waals surface area (Å²) in [5.41, 5.74) is 0.0337. The van der Waals surface area contributed by atoms with Gasteiger partial charge in [-0.3, -0.25) is 4.79 Å². The fourth-order valence-corrected chi connectivity index (χ4v) is 3.39. The number of rotatable bonds is 2. The zero-order valence-corrected chi connectivity index (χ0v) is 10.7. The summed E-state index contributed by atoms with van der Waals surface area (Å²) in [5.74, 6) is -1.68. The Labute approximate surface area is 111 Å². The average Bonchev–Trinajstić information content (AvgIpc) is 2.37. The highest BCUT2D eigenvalue weighted by Crippen LogP contribution is 2.32. The van der Waals surface area contributed by atoms with Crippen molar-refractivity contribution in [2.45, 2.75) is 44.2 Å². The predicted octanol–water partition coefficient (Wildman–Crippen LogP) is 3.07. The van der Waals surface area contributed by atoms with E-state index in [0.717, 1.165) is 37.8 Å². The van der Waals surface area contributed by atoms with E-state index in [-0.39, 0.29) is 17.3 Å². The van der Waals surface area contributed by atoms with Gasteiger partial charge in [-0.1, -0.05) is 6.42 Å². The second-order valence-electron chi connectivity index (χ2n) is 5.65. The van der Waals surface area contributed by atoms with Crippen LogP contribution in [-0.2, 0) is 0 Å². The van der Waals surface area contributed by atoms with Gasteiger partial charge in [-0.15, -0.1) is 0 Å². The molecule has 2 atom stereocenters. The van der Waals surface area contributed by atoms with Crippen LogP contribution in [0.15, 0.2) is 18.2 Å². The molecule has 0 aliphatic carbocycles. The van der Waals surface area contributed by atoms with Gasteiger partial charge in [0.15, 0.2) is 5.78 Å². The number of fused-ring (bicyclic) bond motifs is 2. The minimum Gasteiger partial charge on any atom is -0.311 e. The lowest BCUT2D eigenvalue weighted by molar-refractivity contribution is 0.0821. The first-order valence-corrected chi connectivity index (χ1v) is 6.89. The predicted molar refractivity (Wildman–Crippen MR) is 68.0 cm³/mol. The molecule has 19 heavy (non-hydrogen) atoms. The van der Waals surface area contributed by atoms with Crippen LogP contribution in [0.1, 0.15) is 42.5 Å². The summed E-state index contributed by atoms with van der Waals surface area (Å²) in [6.07, 6.45) is 4.92. The largest absolute Gasteiger partial charge is 0.311 e. The minimum atomic E-state index is -0.742. The highest BCUT2D eigenvalue weighted by atomic mass is 19.1. The van der Waals surface area contributed by atoms with Crippen molar-refractivity contribution in [3.63, 3.8) is 0 Å². The molecule has 2 saturated heterocycles. The van der Waals surface area contributed by atoms with E-state index in [1.54, 1.807) is 0 Å². The molecule has 2 aliphatic rings. The van der Waals surface area contributed by atoms with Gasteiger partial charge >= 0.3 is 0 Å². The van der Waals surface area contributed by atoms with E-state index in [1.165, 1.54) is 12.5 Å². The second-order valence-corrected chi connectivity index (χ2v) is 5.65. The molecule has 2 unspecified atom stereocenters. The van der Waals surface area contributed by atoms with E-state index in [1.807, 2.05) is 0 Å². The van der Waals surface area contributed by atoms with Crippen LogP contribution < -0.4 is 5.32 Å². The lowest BCUT2D eigenvalue weighted by Gasteiger charge is -2.39. The molecule has 0 saturated carbocycles. The molecule has 0 amide bonds. The molecule has 2 heterocycles. The number of carbonyl (C=O) groups excluding carboxylic acids is 1. The summed E-state index contributed by atoms with van der Waals surface area (Å²) in [4.78, 5) is 12.4. The van der Waals surface area contributed by atoms with Crippen molar-refractivity contribution >= 4 is 5.78 Å². The summed E-state index contributed by atoms with van der Waals surface area (Å²) in [6, 6.07) is 3.97. The fourth-order valence-electron chi connectivity index (χ4n) is 3.39. The SMILES string of the molecule is O=C(c1ccc(F)cc1F)C1CC2CCCC(C1)N2. The quantitative estimate of drug-likeness (QED) is 0.833. The number of piperidine rings is 2. The zero-order valence-electron chi connectivity index (χ0n) is 10.7. The van der Waals surface area contributed by atoms with Crippen molar-refractivity contribution in [3.8, 4) is 0 Å². The van der Waals surface area contributed by atoms with Crippen LogP contribution in [-0.4, -0.2) is 17.9 Å². The first-order valence-electron chi connectivity index (χ1n) is 6.89. The first kappa shape index (κ1) is 12.7. The summed E-state index contributed by atoms with van der Waals surface area (Å²) in [5, 5.41) is 3.51. The zero-order chi connectivity index (χ0) is 13.4. The maximum atomic E-state index is 13.7. The molecule has 0 radical (unpaired) electrons. The summed E-state index contributed by atoms with van der Waals surface area (Å²) >= 11 is 0. The highest BCUT2D eigenvalue weighted by Gasteiger charge is 2.35. The molecule has 4 heteroatoms. The summed E-state index contributed by atoms with van der Waals surface area (Å²) in [6.45, 7) is 0. The third kappa shape index (κ3) is 2.54. The number of carbonyl (C=O) groups is 1. The summed E-state index contributed by atoms with van der Waals surface area (Å²) in [7, 11) is 0. The van der Waals surface area contributed by atoms with E-state index in [9.17, 15) is 13.6 Å². The van der Waals surface area contributed by atoms with Gasteiger partial charge in [-0.2, -0.15) is 0 Å². The molecule has 102 valence electrons. The van der Waals surface area contributed by atoms with Crippen LogP contribution >= 0.6 is 0 Å². The maximum Gasteiger partial charge on any atom is 0.169 e. The normalized spacial score (nSPS) is 30.1. The third-order valence-corrected chi connectivity index (χ3v) is 4.28. The highest BCUT2D eigenvalue weighted by molar-refractivity contribution is 5.98. The molecule has 2 bridgehead atoms. The van der Waals surface area contributed by atoms with Gasteiger partial charge in [0.25, 0.3) is 0 Å². The first-order chi connectivity index (χ1) is 9.13. The Hall–Kier alpha value is -1.29. The van der Waals surface area contributed by atoms with Crippen molar-refractivity contribution in [1.82, 2.24) is 5.32 Å². The Kier molecular flexibility index (Phi) is 3.35. The van der Waals surface area contributed by atoms with Crippen molar-refractivity contribution in [3.05, 3.63) is 35.4 Å². The molecule has 2 aliphatic heterocycles. The van der Waals surface area contributed by atoms with E-state index in [2.05, 4.69) is 5.32 Å². The molecule has 2 nitrogen and oxygen atoms in total. The summed E-state index contributed by atoms with van der Waals surface area (Å²) < 4.78 is 26.5. The number of hydrogen-bond acceptors (Lipinski definition) is 2. The Morgan fingerprint density at radius 2 is 1.84 bits per heavy atom.